The topological polar surface area (TPSA) is 36.0 Å². The zero-order chi connectivity index (χ0) is 17.8. The highest BCUT2D eigenvalue weighted by molar-refractivity contribution is 5.79. The number of hydrogen-bond acceptors (Lipinski definition) is 4. The van der Waals surface area contributed by atoms with Gasteiger partial charge in [-0.1, -0.05) is 0 Å². The molecule has 0 saturated carbocycles. The second kappa shape index (κ2) is 8.09. The molecule has 0 aliphatic carbocycles. The van der Waals surface area contributed by atoms with E-state index in [4.69, 9.17) is 4.74 Å². The zero-order valence-corrected chi connectivity index (χ0v) is 15.8. The Morgan fingerprint density at radius 2 is 1.64 bits per heavy atom. The largest absolute Gasteiger partial charge is 0.497 e. The van der Waals surface area contributed by atoms with E-state index in [0.717, 1.165) is 44.8 Å². The SMILES string of the molecule is COc1ccc(N2CCN(CC(=O)N3C(C)CCCC3C)CC2)cc1. The molecule has 0 spiro atoms. The number of likely N-dealkylation sites (tertiary alicyclic amines) is 1. The molecule has 0 N–H and O–H groups in total. The predicted molar refractivity (Wildman–Crippen MR) is 101 cm³/mol. The molecule has 3 rings (SSSR count). The molecular weight excluding hydrogens is 314 g/mol. The molecule has 2 heterocycles. The maximum Gasteiger partial charge on any atom is 0.237 e. The van der Waals surface area contributed by atoms with Gasteiger partial charge in [-0.25, -0.2) is 0 Å². The maximum absolute atomic E-state index is 12.8. The molecule has 138 valence electrons. The Morgan fingerprint density at radius 1 is 1.04 bits per heavy atom. The summed E-state index contributed by atoms with van der Waals surface area (Å²) in [4.78, 5) is 19.6. The van der Waals surface area contributed by atoms with E-state index in [0.29, 0.717) is 24.5 Å². The first-order chi connectivity index (χ1) is 12.1. The molecule has 2 fully saturated rings. The molecule has 0 bridgehead atoms. The standard InChI is InChI=1S/C20H31N3O2/c1-16-5-4-6-17(2)23(16)20(24)15-21-11-13-22(14-12-21)18-7-9-19(25-3)10-8-18/h7-10,16-17H,4-6,11-15H2,1-3H3. The fourth-order valence-corrected chi connectivity index (χ4v) is 4.14. The molecule has 0 aromatic heterocycles. The van der Waals surface area contributed by atoms with Crippen LogP contribution in [0.3, 0.4) is 0 Å². The van der Waals surface area contributed by atoms with Crippen molar-refractivity contribution in [2.24, 2.45) is 0 Å². The van der Waals surface area contributed by atoms with Crippen molar-refractivity contribution in [2.75, 3.05) is 44.7 Å². The van der Waals surface area contributed by atoms with Gasteiger partial charge in [0.1, 0.15) is 5.75 Å². The fourth-order valence-electron chi connectivity index (χ4n) is 4.14. The van der Waals surface area contributed by atoms with E-state index in [2.05, 4.69) is 40.7 Å². The van der Waals surface area contributed by atoms with Crippen molar-refractivity contribution in [3.05, 3.63) is 24.3 Å². The van der Waals surface area contributed by atoms with Gasteiger partial charge in [-0.2, -0.15) is 0 Å². The van der Waals surface area contributed by atoms with Crippen molar-refractivity contribution in [1.82, 2.24) is 9.80 Å². The summed E-state index contributed by atoms with van der Waals surface area (Å²) in [5.41, 5.74) is 1.23. The number of benzene rings is 1. The van der Waals surface area contributed by atoms with Gasteiger partial charge in [-0.15, -0.1) is 0 Å². The Kier molecular flexibility index (Phi) is 5.84. The average molecular weight is 345 g/mol. The smallest absolute Gasteiger partial charge is 0.237 e. The van der Waals surface area contributed by atoms with Crippen molar-refractivity contribution in [3.8, 4) is 5.75 Å². The Hall–Kier alpha value is -1.75. The number of amides is 1. The number of ether oxygens (including phenoxy) is 1. The molecule has 1 amide bonds. The van der Waals surface area contributed by atoms with Gasteiger partial charge in [0, 0.05) is 44.0 Å². The van der Waals surface area contributed by atoms with Crippen LogP contribution in [-0.4, -0.2) is 67.6 Å². The second-order valence-corrected chi connectivity index (χ2v) is 7.39. The number of piperidine rings is 1. The van der Waals surface area contributed by atoms with Crippen molar-refractivity contribution < 1.29 is 9.53 Å². The Labute approximate surface area is 151 Å². The summed E-state index contributed by atoms with van der Waals surface area (Å²) in [6.07, 6.45) is 3.52. The summed E-state index contributed by atoms with van der Waals surface area (Å²) in [5.74, 6) is 1.19. The summed E-state index contributed by atoms with van der Waals surface area (Å²) >= 11 is 0. The van der Waals surface area contributed by atoms with Gasteiger partial charge in [0.05, 0.1) is 13.7 Å². The molecule has 2 aliphatic rings. The minimum Gasteiger partial charge on any atom is -0.497 e. The van der Waals surface area contributed by atoms with Crippen molar-refractivity contribution in [3.63, 3.8) is 0 Å². The molecule has 2 unspecified atom stereocenters. The van der Waals surface area contributed by atoms with Gasteiger partial charge >= 0.3 is 0 Å². The lowest BCUT2D eigenvalue weighted by atomic mass is 9.97. The highest BCUT2D eigenvalue weighted by Gasteiger charge is 2.30. The minimum absolute atomic E-state index is 0.303. The molecule has 2 saturated heterocycles. The summed E-state index contributed by atoms with van der Waals surface area (Å²) in [6, 6.07) is 9.00. The van der Waals surface area contributed by atoms with Crippen LogP contribution in [-0.2, 0) is 4.79 Å². The molecule has 1 aromatic rings. The van der Waals surface area contributed by atoms with E-state index in [-0.39, 0.29) is 0 Å². The third kappa shape index (κ3) is 4.27. The van der Waals surface area contributed by atoms with Crippen molar-refractivity contribution in [1.29, 1.82) is 0 Å². The third-order valence-corrected chi connectivity index (χ3v) is 5.65. The molecule has 5 heteroatoms. The van der Waals surface area contributed by atoms with Gasteiger partial charge in [0.25, 0.3) is 0 Å². The van der Waals surface area contributed by atoms with E-state index in [1.165, 1.54) is 12.1 Å². The summed E-state index contributed by atoms with van der Waals surface area (Å²) < 4.78 is 5.22. The van der Waals surface area contributed by atoms with Gasteiger partial charge in [0.15, 0.2) is 0 Å². The quantitative estimate of drug-likeness (QED) is 0.840. The van der Waals surface area contributed by atoms with Crippen LogP contribution in [0, 0.1) is 0 Å². The highest BCUT2D eigenvalue weighted by atomic mass is 16.5. The van der Waals surface area contributed by atoms with E-state index in [9.17, 15) is 4.79 Å². The summed E-state index contributed by atoms with van der Waals surface area (Å²) in [6.45, 7) is 8.74. The van der Waals surface area contributed by atoms with E-state index < -0.39 is 0 Å². The Bertz CT molecular complexity index is 557. The molecule has 5 nitrogen and oxygen atoms in total. The highest BCUT2D eigenvalue weighted by Crippen LogP contribution is 2.23. The van der Waals surface area contributed by atoms with Crippen LogP contribution in [0.4, 0.5) is 5.69 Å². The number of rotatable bonds is 4. The molecular formula is C20H31N3O2. The molecule has 2 aliphatic heterocycles. The molecule has 0 radical (unpaired) electrons. The Morgan fingerprint density at radius 3 is 2.20 bits per heavy atom. The maximum atomic E-state index is 12.8. The first-order valence-corrected chi connectivity index (χ1v) is 9.51. The van der Waals surface area contributed by atoms with Gasteiger partial charge < -0.3 is 14.5 Å². The van der Waals surface area contributed by atoms with Crippen LogP contribution in [0.15, 0.2) is 24.3 Å². The van der Waals surface area contributed by atoms with Crippen molar-refractivity contribution in [2.45, 2.75) is 45.2 Å². The number of methoxy groups -OCH3 is 1. The first kappa shape index (κ1) is 18.1. The lowest BCUT2D eigenvalue weighted by Crippen LogP contribution is -2.54. The van der Waals surface area contributed by atoms with Crippen LogP contribution in [0.2, 0.25) is 0 Å². The predicted octanol–water partition coefficient (Wildman–Crippen LogP) is 2.61. The van der Waals surface area contributed by atoms with Crippen LogP contribution < -0.4 is 9.64 Å². The average Bonchev–Trinajstić information content (AvgIpc) is 2.62. The molecule has 25 heavy (non-hydrogen) atoms. The second-order valence-electron chi connectivity index (χ2n) is 7.39. The normalized spacial score (nSPS) is 25.1. The van der Waals surface area contributed by atoms with Gasteiger partial charge in [-0.05, 0) is 57.4 Å². The number of piperazine rings is 1. The van der Waals surface area contributed by atoms with E-state index in [1.807, 2.05) is 12.1 Å². The third-order valence-electron chi connectivity index (χ3n) is 5.65. The fraction of sp³-hybridized carbons (Fsp3) is 0.650. The molecule has 2 atom stereocenters. The number of nitrogens with zero attached hydrogens (tertiary/aromatic N) is 3. The Balaban J connectivity index is 1.51. The zero-order valence-electron chi connectivity index (χ0n) is 15.8. The van der Waals surface area contributed by atoms with Gasteiger partial charge in [-0.3, -0.25) is 9.69 Å². The number of hydrogen-bond donors (Lipinski definition) is 0. The number of anilines is 1. The van der Waals surface area contributed by atoms with Crippen LogP contribution in [0.5, 0.6) is 5.75 Å². The lowest BCUT2D eigenvalue weighted by molar-refractivity contribution is -0.138. The van der Waals surface area contributed by atoms with Gasteiger partial charge in [0.2, 0.25) is 5.91 Å². The summed E-state index contributed by atoms with van der Waals surface area (Å²) in [7, 11) is 1.69. The number of carbonyl (C=O) groups is 1. The molecule has 1 aromatic carbocycles. The first-order valence-electron chi connectivity index (χ1n) is 9.51. The summed E-state index contributed by atoms with van der Waals surface area (Å²) in [5, 5.41) is 0. The van der Waals surface area contributed by atoms with Crippen LogP contribution >= 0.6 is 0 Å². The monoisotopic (exact) mass is 345 g/mol. The van der Waals surface area contributed by atoms with Crippen molar-refractivity contribution >= 4 is 11.6 Å². The lowest BCUT2D eigenvalue weighted by Gasteiger charge is -2.41. The van der Waals surface area contributed by atoms with Crippen LogP contribution in [0.25, 0.3) is 0 Å². The number of carbonyl (C=O) groups excluding carboxylic acids is 1. The van der Waals surface area contributed by atoms with Crippen LogP contribution in [0.1, 0.15) is 33.1 Å². The van der Waals surface area contributed by atoms with E-state index in [1.54, 1.807) is 7.11 Å². The van der Waals surface area contributed by atoms with E-state index >= 15 is 0 Å². The minimum atomic E-state index is 0.303.